The number of carbonyl (C=O) groups excluding carboxylic acids is 1. The molecule has 0 atom stereocenters. The Morgan fingerprint density at radius 1 is 1.35 bits per heavy atom. The molecule has 0 aliphatic heterocycles. The molecule has 0 spiro atoms. The van der Waals surface area contributed by atoms with E-state index in [2.05, 4.69) is 15.6 Å². The first-order chi connectivity index (χ1) is 7.67. The van der Waals surface area contributed by atoms with Crippen LogP contribution in [-0.2, 0) is 4.79 Å². The maximum atomic E-state index is 11.0. The highest BCUT2D eigenvalue weighted by molar-refractivity contribution is 14.0. The van der Waals surface area contributed by atoms with Crippen molar-refractivity contribution in [2.45, 2.75) is 25.7 Å². The van der Waals surface area contributed by atoms with Gasteiger partial charge in [-0.25, -0.2) is 0 Å². The highest BCUT2D eigenvalue weighted by Gasteiger charge is 2.24. The van der Waals surface area contributed by atoms with E-state index in [1.54, 1.807) is 7.05 Å². The quantitative estimate of drug-likeness (QED) is 0.396. The number of nitrogens with zero attached hydrogens (tertiary/aromatic N) is 1. The van der Waals surface area contributed by atoms with Crippen molar-refractivity contribution >= 4 is 35.8 Å². The van der Waals surface area contributed by atoms with E-state index in [4.69, 9.17) is 5.73 Å². The van der Waals surface area contributed by atoms with Crippen molar-refractivity contribution in [1.29, 1.82) is 0 Å². The minimum absolute atomic E-state index is 0. The fraction of sp³-hybridized carbons (Fsp3) is 0.818. The summed E-state index contributed by atoms with van der Waals surface area (Å²) < 4.78 is 0. The largest absolute Gasteiger partial charge is 0.369 e. The van der Waals surface area contributed by atoms with Crippen LogP contribution in [0.5, 0.6) is 0 Å². The molecule has 17 heavy (non-hydrogen) atoms. The van der Waals surface area contributed by atoms with Crippen LogP contribution in [0.4, 0.5) is 0 Å². The Morgan fingerprint density at radius 2 is 1.94 bits per heavy atom. The van der Waals surface area contributed by atoms with Crippen molar-refractivity contribution in [1.82, 2.24) is 10.6 Å². The van der Waals surface area contributed by atoms with Gasteiger partial charge in [-0.3, -0.25) is 9.79 Å². The molecule has 0 bridgehead atoms. The van der Waals surface area contributed by atoms with E-state index in [0.717, 1.165) is 38.2 Å². The van der Waals surface area contributed by atoms with E-state index >= 15 is 0 Å². The van der Waals surface area contributed by atoms with Crippen LogP contribution in [0.3, 0.4) is 0 Å². The van der Waals surface area contributed by atoms with Crippen LogP contribution in [0, 0.1) is 11.8 Å². The van der Waals surface area contributed by atoms with E-state index in [-0.39, 0.29) is 35.8 Å². The summed E-state index contributed by atoms with van der Waals surface area (Å²) in [4.78, 5) is 15.1. The molecule has 100 valence electrons. The van der Waals surface area contributed by atoms with Gasteiger partial charge >= 0.3 is 0 Å². The van der Waals surface area contributed by atoms with Gasteiger partial charge in [0.25, 0.3) is 0 Å². The van der Waals surface area contributed by atoms with Gasteiger partial charge in [-0.2, -0.15) is 0 Å². The zero-order valence-electron chi connectivity index (χ0n) is 10.5. The molecule has 0 heterocycles. The summed E-state index contributed by atoms with van der Waals surface area (Å²) in [5, 5.41) is 6.24. The molecule has 1 rings (SSSR count). The SMILES string of the molecule is CN=C(NC)NCC1CCC(C(N)=O)CC1.I. The number of nitrogens with two attached hydrogens (primary N) is 1. The number of carbonyl (C=O) groups is 1. The molecular formula is C11H23IN4O. The van der Waals surface area contributed by atoms with Crippen molar-refractivity contribution in [2.24, 2.45) is 22.6 Å². The van der Waals surface area contributed by atoms with Gasteiger partial charge in [-0.1, -0.05) is 0 Å². The second-order valence-electron chi connectivity index (χ2n) is 4.32. The van der Waals surface area contributed by atoms with Crippen LogP contribution in [0.25, 0.3) is 0 Å². The summed E-state index contributed by atoms with van der Waals surface area (Å²) in [5.74, 6) is 1.40. The van der Waals surface area contributed by atoms with Gasteiger partial charge in [0.15, 0.2) is 5.96 Å². The van der Waals surface area contributed by atoms with Crippen molar-refractivity contribution in [2.75, 3.05) is 20.6 Å². The molecule has 0 aromatic carbocycles. The van der Waals surface area contributed by atoms with E-state index < -0.39 is 0 Å². The third-order valence-corrected chi connectivity index (χ3v) is 3.27. The Hall–Kier alpha value is -0.530. The number of aliphatic imine (C=N–C) groups is 1. The highest BCUT2D eigenvalue weighted by atomic mass is 127. The molecule has 1 aliphatic carbocycles. The first kappa shape index (κ1) is 16.5. The lowest BCUT2D eigenvalue weighted by molar-refractivity contribution is -0.122. The topological polar surface area (TPSA) is 79.5 Å². The van der Waals surface area contributed by atoms with Crippen LogP contribution in [0.2, 0.25) is 0 Å². The monoisotopic (exact) mass is 354 g/mol. The minimum Gasteiger partial charge on any atom is -0.369 e. The predicted molar refractivity (Wildman–Crippen MR) is 80.5 cm³/mol. The third kappa shape index (κ3) is 5.56. The standard InChI is InChI=1S/C11H22N4O.HI/c1-13-11(14-2)15-7-8-3-5-9(6-4-8)10(12)16;/h8-9H,3-7H2,1-2H3,(H2,12,16)(H2,13,14,15);1H. The van der Waals surface area contributed by atoms with Crippen LogP contribution < -0.4 is 16.4 Å². The Kier molecular flexibility index (Phi) is 8.28. The molecule has 0 aromatic rings. The second kappa shape index (κ2) is 8.54. The van der Waals surface area contributed by atoms with Crippen molar-refractivity contribution in [3.05, 3.63) is 0 Å². The first-order valence-corrected chi connectivity index (χ1v) is 5.85. The van der Waals surface area contributed by atoms with E-state index in [9.17, 15) is 4.79 Å². The lowest BCUT2D eigenvalue weighted by Gasteiger charge is -2.27. The van der Waals surface area contributed by atoms with Crippen LogP contribution in [0.15, 0.2) is 4.99 Å². The van der Waals surface area contributed by atoms with Crippen LogP contribution in [-0.4, -0.2) is 32.5 Å². The van der Waals surface area contributed by atoms with Gasteiger partial charge in [0.05, 0.1) is 0 Å². The second-order valence-corrected chi connectivity index (χ2v) is 4.32. The summed E-state index contributed by atoms with van der Waals surface area (Å²) >= 11 is 0. The third-order valence-electron chi connectivity index (χ3n) is 3.27. The Bertz CT molecular complexity index is 262. The summed E-state index contributed by atoms with van der Waals surface area (Å²) in [6, 6.07) is 0. The fourth-order valence-corrected chi connectivity index (χ4v) is 2.17. The zero-order valence-corrected chi connectivity index (χ0v) is 12.9. The molecule has 5 nitrogen and oxygen atoms in total. The number of guanidine groups is 1. The van der Waals surface area contributed by atoms with Gasteiger partial charge in [0.1, 0.15) is 0 Å². The maximum Gasteiger partial charge on any atom is 0.220 e. The predicted octanol–water partition coefficient (Wildman–Crippen LogP) is 0.691. The molecule has 1 amide bonds. The van der Waals surface area contributed by atoms with Gasteiger partial charge < -0.3 is 16.4 Å². The lowest BCUT2D eigenvalue weighted by Crippen LogP contribution is -2.39. The zero-order chi connectivity index (χ0) is 12.0. The summed E-state index contributed by atoms with van der Waals surface area (Å²) in [7, 11) is 3.60. The van der Waals surface area contributed by atoms with Crippen molar-refractivity contribution < 1.29 is 4.79 Å². The summed E-state index contributed by atoms with van der Waals surface area (Å²) in [6.07, 6.45) is 4.00. The molecule has 1 saturated carbocycles. The molecule has 1 fully saturated rings. The number of halogens is 1. The molecule has 0 unspecified atom stereocenters. The average Bonchev–Trinajstić information content (AvgIpc) is 2.31. The van der Waals surface area contributed by atoms with Gasteiger partial charge in [0.2, 0.25) is 5.91 Å². The van der Waals surface area contributed by atoms with Gasteiger partial charge in [-0.15, -0.1) is 24.0 Å². The summed E-state index contributed by atoms with van der Waals surface area (Å²) in [6.45, 7) is 0.916. The van der Waals surface area contributed by atoms with E-state index in [1.807, 2.05) is 7.05 Å². The van der Waals surface area contributed by atoms with Gasteiger partial charge in [-0.05, 0) is 31.6 Å². The van der Waals surface area contributed by atoms with Crippen molar-refractivity contribution in [3.8, 4) is 0 Å². The first-order valence-electron chi connectivity index (χ1n) is 5.85. The highest BCUT2D eigenvalue weighted by Crippen LogP contribution is 2.27. The Labute approximate surface area is 120 Å². The smallest absolute Gasteiger partial charge is 0.220 e. The molecule has 6 heteroatoms. The average molecular weight is 354 g/mol. The normalized spacial score (nSPS) is 24.7. The van der Waals surface area contributed by atoms with Crippen LogP contribution in [0.1, 0.15) is 25.7 Å². The Morgan fingerprint density at radius 3 is 2.35 bits per heavy atom. The number of nitrogens with one attached hydrogen (secondary N) is 2. The molecule has 0 saturated heterocycles. The Balaban J connectivity index is 0.00000256. The van der Waals surface area contributed by atoms with Gasteiger partial charge in [0, 0.05) is 26.6 Å². The number of rotatable bonds is 3. The lowest BCUT2D eigenvalue weighted by atomic mass is 9.82. The van der Waals surface area contributed by atoms with Crippen LogP contribution >= 0.6 is 24.0 Å². The van der Waals surface area contributed by atoms with Crippen molar-refractivity contribution in [3.63, 3.8) is 0 Å². The number of amides is 1. The molecule has 1 aliphatic rings. The fourth-order valence-electron chi connectivity index (χ4n) is 2.17. The maximum absolute atomic E-state index is 11.0. The van der Waals surface area contributed by atoms with E-state index in [1.165, 1.54) is 0 Å². The van der Waals surface area contributed by atoms with E-state index in [0.29, 0.717) is 5.92 Å². The number of hydrogen-bond donors (Lipinski definition) is 3. The molecule has 4 N–H and O–H groups in total. The molecule has 0 radical (unpaired) electrons. The molecule has 0 aromatic heterocycles. The number of primary amides is 1. The minimum atomic E-state index is -0.141. The molecular weight excluding hydrogens is 331 g/mol. The summed E-state index contributed by atoms with van der Waals surface area (Å²) in [5.41, 5.74) is 5.29. The number of hydrogen-bond acceptors (Lipinski definition) is 2.